The molecule has 2 rings (SSSR count). The first kappa shape index (κ1) is 16.6. The van der Waals surface area contributed by atoms with Gasteiger partial charge in [0.1, 0.15) is 5.02 Å². The average Bonchev–Trinajstić information content (AvgIpc) is 2.50. The van der Waals surface area contributed by atoms with Gasteiger partial charge in [-0.25, -0.2) is 4.79 Å². The van der Waals surface area contributed by atoms with Crippen LogP contribution in [0.4, 0.5) is 0 Å². The van der Waals surface area contributed by atoms with Gasteiger partial charge >= 0.3 is 5.97 Å². The Morgan fingerprint density at radius 3 is 2.77 bits per heavy atom. The molecule has 0 fully saturated rings. The molecule has 0 atom stereocenters. The van der Waals surface area contributed by atoms with E-state index >= 15 is 0 Å². The molecule has 22 heavy (non-hydrogen) atoms. The first-order valence-corrected chi connectivity index (χ1v) is 7.58. The van der Waals surface area contributed by atoms with Crippen LogP contribution >= 0.6 is 23.2 Å². The van der Waals surface area contributed by atoms with Crippen LogP contribution in [0.5, 0.6) is 0 Å². The largest absolute Gasteiger partial charge is 0.462 e. The van der Waals surface area contributed by atoms with Gasteiger partial charge in [-0.2, -0.15) is 0 Å². The van der Waals surface area contributed by atoms with Crippen molar-refractivity contribution < 1.29 is 9.53 Å². The second-order valence-corrected chi connectivity index (χ2v) is 5.62. The molecule has 1 heterocycles. The zero-order valence-corrected chi connectivity index (χ0v) is 13.5. The maximum absolute atomic E-state index is 12.0. The molecule has 1 aromatic heterocycles. The number of aromatic nitrogens is 1. The molecule has 0 saturated heterocycles. The number of esters is 1. The van der Waals surface area contributed by atoms with Gasteiger partial charge in [-0.15, -0.1) is 0 Å². The number of nitrogens with zero attached hydrogens (tertiary/aromatic N) is 1. The van der Waals surface area contributed by atoms with E-state index in [2.05, 4.69) is 0 Å². The minimum Gasteiger partial charge on any atom is -0.462 e. The normalized spacial score (nSPS) is 10.5. The van der Waals surface area contributed by atoms with Gasteiger partial charge in [-0.3, -0.25) is 4.79 Å². The lowest BCUT2D eigenvalue weighted by atomic mass is 10.1. The Balaban J connectivity index is 2.24. The van der Waals surface area contributed by atoms with Gasteiger partial charge in [0.25, 0.3) is 5.56 Å². The minimum atomic E-state index is -0.375. The molecule has 0 aliphatic carbocycles. The lowest BCUT2D eigenvalue weighted by Crippen LogP contribution is -2.20. The van der Waals surface area contributed by atoms with E-state index in [1.54, 1.807) is 18.2 Å². The van der Waals surface area contributed by atoms with Crippen LogP contribution in [0.25, 0.3) is 0 Å². The molecule has 0 radical (unpaired) electrons. The molecular weight excluding hydrogens is 325 g/mol. The van der Waals surface area contributed by atoms with E-state index in [-0.39, 0.29) is 23.1 Å². The van der Waals surface area contributed by atoms with Gasteiger partial charge in [0.15, 0.2) is 0 Å². The van der Waals surface area contributed by atoms with Gasteiger partial charge in [0.05, 0.1) is 23.7 Å². The molecule has 0 unspecified atom stereocenters. The number of benzene rings is 1. The molecule has 0 bridgehead atoms. The summed E-state index contributed by atoms with van der Waals surface area (Å²) in [7, 11) is 0. The van der Waals surface area contributed by atoms with Gasteiger partial charge in [-0.1, -0.05) is 42.3 Å². The molecule has 0 saturated carbocycles. The van der Waals surface area contributed by atoms with Crippen LogP contribution in [0.3, 0.4) is 0 Å². The zero-order chi connectivity index (χ0) is 16.1. The number of pyridine rings is 1. The van der Waals surface area contributed by atoms with E-state index in [0.717, 1.165) is 12.0 Å². The van der Waals surface area contributed by atoms with Gasteiger partial charge < -0.3 is 9.30 Å². The van der Waals surface area contributed by atoms with Crippen LogP contribution in [0.1, 0.15) is 29.3 Å². The Morgan fingerprint density at radius 1 is 1.27 bits per heavy atom. The number of carbonyl (C=O) groups excluding carboxylic acids is 1. The third kappa shape index (κ3) is 4.12. The van der Waals surface area contributed by atoms with Gasteiger partial charge in [0, 0.05) is 6.20 Å². The van der Waals surface area contributed by atoms with E-state index in [0.29, 0.717) is 17.2 Å². The monoisotopic (exact) mass is 339 g/mol. The van der Waals surface area contributed by atoms with Crippen LogP contribution in [0, 0.1) is 0 Å². The number of hydrogen-bond donors (Lipinski definition) is 0. The highest BCUT2D eigenvalue weighted by Gasteiger charge is 2.09. The predicted molar refractivity (Wildman–Crippen MR) is 86.8 cm³/mol. The lowest BCUT2D eigenvalue weighted by Gasteiger charge is -2.09. The lowest BCUT2D eigenvalue weighted by molar-refractivity contribution is 0.0505. The maximum atomic E-state index is 12.0. The van der Waals surface area contributed by atoms with Crippen molar-refractivity contribution >= 4 is 29.2 Å². The fourth-order valence-corrected chi connectivity index (χ4v) is 2.46. The molecule has 4 nitrogen and oxygen atoms in total. The quantitative estimate of drug-likeness (QED) is 0.779. The van der Waals surface area contributed by atoms with Crippen LogP contribution in [0.2, 0.25) is 10.0 Å². The first-order valence-electron chi connectivity index (χ1n) is 6.83. The summed E-state index contributed by atoms with van der Waals surface area (Å²) in [5.41, 5.74) is 0.906. The second-order valence-electron chi connectivity index (χ2n) is 4.78. The summed E-state index contributed by atoms with van der Waals surface area (Å²) >= 11 is 11.7. The molecule has 0 amide bonds. The topological polar surface area (TPSA) is 48.3 Å². The summed E-state index contributed by atoms with van der Waals surface area (Å²) in [6, 6.07) is 8.34. The minimum absolute atomic E-state index is 0.0611. The molecule has 0 aliphatic rings. The van der Waals surface area contributed by atoms with Gasteiger partial charge in [0.2, 0.25) is 0 Å². The smallest absolute Gasteiger partial charge is 0.338 e. The van der Waals surface area contributed by atoms with Crippen LogP contribution in [0.15, 0.2) is 41.3 Å². The van der Waals surface area contributed by atoms with Crippen molar-refractivity contribution in [2.45, 2.75) is 19.9 Å². The number of rotatable bonds is 5. The van der Waals surface area contributed by atoms with Crippen molar-refractivity contribution in [1.29, 1.82) is 0 Å². The van der Waals surface area contributed by atoms with Crippen molar-refractivity contribution in [1.82, 2.24) is 4.57 Å². The van der Waals surface area contributed by atoms with Crippen molar-refractivity contribution in [2.75, 3.05) is 6.61 Å². The Kier molecular flexibility index (Phi) is 5.63. The first-order chi connectivity index (χ1) is 10.5. The Labute approximate surface area is 138 Å². The van der Waals surface area contributed by atoms with E-state index in [4.69, 9.17) is 27.9 Å². The van der Waals surface area contributed by atoms with Crippen molar-refractivity contribution in [3.8, 4) is 0 Å². The predicted octanol–water partition coefficient (Wildman–Crippen LogP) is 3.77. The Hall–Kier alpha value is -1.78. The maximum Gasteiger partial charge on any atom is 0.338 e. The summed E-state index contributed by atoms with van der Waals surface area (Å²) in [5.74, 6) is -0.375. The molecule has 0 N–H and O–H groups in total. The van der Waals surface area contributed by atoms with Gasteiger partial charge in [-0.05, 0) is 30.2 Å². The summed E-state index contributed by atoms with van der Waals surface area (Å²) < 4.78 is 6.50. The van der Waals surface area contributed by atoms with Crippen molar-refractivity contribution in [3.05, 3.63) is 68.1 Å². The van der Waals surface area contributed by atoms with E-state index in [1.807, 2.05) is 13.0 Å². The molecule has 6 heteroatoms. The summed E-state index contributed by atoms with van der Waals surface area (Å²) in [6.07, 6.45) is 2.28. The fourth-order valence-electron chi connectivity index (χ4n) is 1.95. The molecule has 2 aromatic rings. The third-order valence-electron chi connectivity index (χ3n) is 2.96. The van der Waals surface area contributed by atoms with Crippen molar-refractivity contribution in [3.63, 3.8) is 0 Å². The summed E-state index contributed by atoms with van der Waals surface area (Å²) in [4.78, 5) is 23.8. The van der Waals surface area contributed by atoms with Crippen LogP contribution in [-0.2, 0) is 11.3 Å². The highest BCUT2D eigenvalue weighted by Crippen LogP contribution is 2.13. The van der Waals surface area contributed by atoms with Crippen molar-refractivity contribution in [2.24, 2.45) is 0 Å². The second kappa shape index (κ2) is 7.47. The molecule has 0 spiro atoms. The summed E-state index contributed by atoms with van der Waals surface area (Å²) in [5, 5.41) is 0.439. The average molecular weight is 340 g/mol. The standard InChI is InChI=1S/C16H15Cl2NO3/c1-2-6-22-16(21)12-5-3-4-11(7-12)9-19-10-13(17)8-14(18)15(19)20/h3-5,7-8,10H,2,6,9H2,1H3. The molecule has 0 aliphatic heterocycles. The van der Waals surface area contributed by atoms with Crippen LogP contribution < -0.4 is 5.56 Å². The van der Waals surface area contributed by atoms with E-state index < -0.39 is 0 Å². The SMILES string of the molecule is CCCOC(=O)c1cccc(Cn2cc(Cl)cc(Cl)c2=O)c1. The van der Waals surface area contributed by atoms with Crippen LogP contribution in [-0.4, -0.2) is 17.1 Å². The fraction of sp³-hybridized carbons (Fsp3) is 0.250. The number of ether oxygens (including phenoxy) is 1. The Bertz CT molecular complexity index is 740. The zero-order valence-electron chi connectivity index (χ0n) is 12.0. The number of hydrogen-bond acceptors (Lipinski definition) is 3. The highest BCUT2D eigenvalue weighted by molar-refractivity contribution is 6.34. The number of halogens is 2. The molecule has 116 valence electrons. The number of carbonyl (C=O) groups is 1. The molecule has 1 aromatic carbocycles. The Morgan fingerprint density at radius 2 is 2.05 bits per heavy atom. The third-order valence-corrected chi connectivity index (χ3v) is 3.44. The summed E-state index contributed by atoms with van der Waals surface area (Å²) in [6.45, 7) is 2.58. The van der Waals surface area contributed by atoms with E-state index in [9.17, 15) is 9.59 Å². The highest BCUT2D eigenvalue weighted by atomic mass is 35.5. The molecular formula is C16H15Cl2NO3. The van der Waals surface area contributed by atoms with E-state index in [1.165, 1.54) is 16.8 Å².